The number of hydrogen-bond donors (Lipinski definition) is 2. The molecule has 0 spiro atoms. The average molecular weight is 349 g/mol. The van der Waals surface area contributed by atoms with Crippen molar-refractivity contribution >= 4 is 20.5 Å². The van der Waals surface area contributed by atoms with Crippen molar-refractivity contribution in [3.05, 3.63) is 35.4 Å². The van der Waals surface area contributed by atoms with E-state index >= 15 is 0 Å². The molecule has 1 aromatic carbocycles. The van der Waals surface area contributed by atoms with Crippen LogP contribution in [0.5, 0.6) is 0 Å². The van der Waals surface area contributed by atoms with Crippen LogP contribution >= 0.6 is 0 Å². The third-order valence-corrected chi connectivity index (χ3v) is 3.34. The number of carbonyl (C=O) groups excluding carboxylic acids is 2. The second-order valence-electron chi connectivity index (χ2n) is 7.27. The van der Waals surface area contributed by atoms with Crippen LogP contribution in [0, 0.1) is 11.5 Å². The molecule has 0 bridgehead atoms. The Morgan fingerprint density at radius 1 is 1.25 bits per heavy atom. The van der Waals surface area contributed by atoms with E-state index in [1.54, 1.807) is 0 Å². The van der Waals surface area contributed by atoms with Crippen molar-refractivity contribution in [2.24, 2.45) is 5.84 Å². The molecule has 1 rings (SSSR count). The van der Waals surface area contributed by atoms with E-state index in [4.69, 9.17) is 5.84 Å². The fraction of sp³-hybridized carbons (Fsp3) is 0.444. The van der Waals surface area contributed by atoms with Crippen LogP contribution in [-0.2, 0) is 20.7 Å². The van der Waals surface area contributed by atoms with Crippen LogP contribution in [0.25, 0.3) is 0 Å². The van der Waals surface area contributed by atoms with Gasteiger partial charge in [-0.25, -0.2) is 5.84 Å². The number of amides is 1. The molecule has 0 atom stereocenters. The van der Waals surface area contributed by atoms with Gasteiger partial charge in [0.1, 0.15) is 13.7 Å². The van der Waals surface area contributed by atoms with Gasteiger partial charge < -0.3 is 4.74 Å². The molecule has 0 saturated carbocycles. The highest BCUT2D eigenvalue weighted by atomic mass is 28.3. The Hall–Kier alpha value is -2.10. The van der Waals surface area contributed by atoms with Crippen LogP contribution in [0.15, 0.2) is 24.3 Å². The molecule has 3 N–H and O–H groups in total. The standard InChI is InChI=1S/C13H18N2OSi.C5H10O2/c1-17(2,3)9-8-11-4-6-12(7-5-11)10-13(16)15-14;1-5(2,3)7-4-6/h4-7H,10,14H2,1-3H3,(H,15,16);4H,1-3H3. The molecule has 0 aliphatic carbocycles. The highest BCUT2D eigenvalue weighted by Crippen LogP contribution is 2.05. The Kier molecular flexibility index (Phi) is 9.04. The molecule has 0 saturated heterocycles. The third-order valence-electron chi connectivity index (χ3n) is 2.46. The van der Waals surface area contributed by atoms with E-state index in [2.05, 4.69) is 41.3 Å². The molecule has 0 heterocycles. The number of ether oxygens (including phenoxy) is 1. The minimum Gasteiger partial charge on any atom is -0.462 e. The SMILES string of the molecule is CC(C)(C)OC=O.C[Si](C)(C)C#Cc1ccc(CC(=O)NN)cc1. The number of rotatable bonds is 3. The quantitative estimate of drug-likeness (QED) is 0.219. The summed E-state index contributed by atoms with van der Waals surface area (Å²) in [6.07, 6.45) is 0.304. The third kappa shape index (κ3) is 12.4. The summed E-state index contributed by atoms with van der Waals surface area (Å²) < 4.78 is 4.55. The predicted octanol–water partition coefficient (Wildman–Crippen LogP) is 2.41. The molecule has 132 valence electrons. The van der Waals surface area contributed by atoms with Crippen LogP contribution in [0.3, 0.4) is 0 Å². The monoisotopic (exact) mass is 348 g/mol. The number of carbonyl (C=O) groups is 2. The van der Waals surface area contributed by atoms with Crippen LogP contribution in [-0.4, -0.2) is 26.1 Å². The maximum absolute atomic E-state index is 11.1. The van der Waals surface area contributed by atoms with Gasteiger partial charge in [-0.3, -0.25) is 15.0 Å². The summed E-state index contributed by atoms with van der Waals surface area (Å²) in [6.45, 7) is 12.5. The van der Waals surface area contributed by atoms with Gasteiger partial charge in [-0.2, -0.15) is 0 Å². The van der Waals surface area contributed by atoms with Gasteiger partial charge in [-0.05, 0) is 38.5 Å². The van der Waals surface area contributed by atoms with Gasteiger partial charge in [-0.1, -0.05) is 37.7 Å². The topological polar surface area (TPSA) is 81.4 Å². The number of nitrogens with two attached hydrogens (primary N) is 1. The van der Waals surface area contributed by atoms with Crippen molar-refractivity contribution in [1.29, 1.82) is 0 Å². The number of nitrogens with one attached hydrogen (secondary N) is 1. The zero-order valence-electron chi connectivity index (χ0n) is 15.4. The fourth-order valence-corrected chi connectivity index (χ4v) is 1.87. The van der Waals surface area contributed by atoms with E-state index in [1.807, 2.05) is 45.0 Å². The predicted molar refractivity (Wildman–Crippen MR) is 99.6 cm³/mol. The molecule has 0 aliphatic heterocycles. The lowest BCUT2D eigenvalue weighted by Crippen LogP contribution is -2.31. The van der Waals surface area contributed by atoms with Gasteiger partial charge in [-0.15, -0.1) is 5.54 Å². The molecular formula is C18H28N2O3Si. The Morgan fingerprint density at radius 3 is 2.12 bits per heavy atom. The number of hydrazine groups is 1. The molecule has 24 heavy (non-hydrogen) atoms. The molecular weight excluding hydrogens is 320 g/mol. The lowest BCUT2D eigenvalue weighted by atomic mass is 10.1. The van der Waals surface area contributed by atoms with E-state index in [0.29, 0.717) is 12.9 Å². The Morgan fingerprint density at radius 2 is 1.79 bits per heavy atom. The van der Waals surface area contributed by atoms with Gasteiger partial charge in [0, 0.05) is 5.56 Å². The Balaban J connectivity index is 0.000000640. The largest absolute Gasteiger partial charge is 0.462 e. The highest BCUT2D eigenvalue weighted by Gasteiger charge is 2.08. The van der Waals surface area contributed by atoms with Crippen LogP contribution < -0.4 is 11.3 Å². The van der Waals surface area contributed by atoms with Crippen molar-refractivity contribution in [1.82, 2.24) is 5.43 Å². The molecule has 5 nitrogen and oxygen atoms in total. The second kappa shape index (κ2) is 9.91. The highest BCUT2D eigenvalue weighted by molar-refractivity contribution is 6.83. The second-order valence-corrected chi connectivity index (χ2v) is 12.0. The Labute approximate surface area is 145 Å². The molecule has 0 radical (unpaired) electrons. The van der Waals surface area contributed by atoms with E-state index in [1.165, 1.54) is 0 Å². The summed E-state index contributed by atoms with van der Waals surface area (Å²) in [5.74, 6) is 8.00. The van der Waals surface area contributed by atoms with Gasteiger partial charge >= 0.3 is 0 Å². The summed E-state index contributed by atoms with van der Waals surface area (Å²) in [5.41, 5.74) is 7.02. The first-order chi connectivity index (χ1) is 11.0. The fourth-order valence-electron chi connectivity index (χ4n) is 1.35. The summed E-state index contributed by atoms with van der Waals surface area (Å²) >= 11 is 0. The smallest absolute Gasteiger partial charge is 0.293 e. The molecule has 0 aromatic heterocycles. The number of benzene rings is 1. The van der Waals surface area contributed by atoms with Gasteiger partial charge in [0.2, 0.25) is 5.91 Å². The summed E-state index contributed by atoms with van der Waals surface area (Å²) in [5, 5.41) is 0. The first-order valence-electron chi connectivity index (χ1n) is 7.70. The summed E-state index contributed by atoms with van der Waals surface area (Å²) in [7, 11) is -1.33. The normalized spacial score (nSPS) is 10.5. The minimum atomic E-state index is -1.33. The van der Waals surface area contributed by atoms with Crippen molar-refractivity contribution in [2.75, 3.05) is 0 Å². The van der Waals surface area contributed by atoms with Crippen molar-refractivity contribution in [3.8, 4) is 11.5 Å². The van der Waals surface area contributed by atoms with Crippen LogP contribution in [0.2, 0.25) is 19.6 Å². The maximum atomic E-state index is 11.1. The zero-order valence-corrected chi connectivity index (χ0v) is 16.4. The first kappa shape index (κ1) is 21.9. The van der Waals surface area contributed by atoms with Crippen molar-refractivity contribution in [2.45, 2.75) is 52.4 Å². The van der Waals surface area contributed by atoms with E-state index < -0.39 is 8.07 Å². The van der Waals surface area contributed by atoms with Crippen LogP contribution in [0.4, 0.5) is 0 Å². The molecule has 6 heteroatoms. The van der Waals surface area contributed by atoms with Crippen LogP contribution in [0.1, 0.15) is 31.9 Å². The van der Waals surface area contributed by atoms with Gasteiger partial charge in [0.05, 0.1) is 6.42 Å². The summed E-state index contributed by atoms with van der Waals surface area (Å²) in [6, 6.07) is 7.69. The zero-order chi connectivity index (χ0) is 18.8. The molecule has 1 amide bonds. The summed E-state index contributed by atoms with van der Waals surface area (Å²) in [4.78, 5) is 20.7. The van der Waals surface area contributed by atoms with E-state index in [0.717, 1.165) is 11.1 Å². The first-order valence-corrected chi connectivity index (χ1v) is 11.2. The lowest BCUT2D eigenvalue weighted by Gasteiger charge is -2.14. The van der Waals surface area contributed by atoms with Crippen molar-refractivity contribution < 1.29 is 14.3 Å². The molecule has 0 unspecified atom stereocenters. The minimum absolute atomic E-state index is 0.189. The van der Waals surface area contributed by atoms with Gasteiger partial charge in [0.25, 0.3) is 6.47 Å². The van der Waals surface area contributed by atoms with Crippen molar-refractivity contribution in [3.63, 3.8) is 0 Å². The molecule has 1 aromatic rings. The Bertz CT molecular complexity index is 588. The number of hydrogen-bond acceptors (Lipinski definition) is 4. The lowest BCUT2D eigenvalue weighted by molar-refractivity contribution is -0.138. The van der Waals surface area contributed by atoms with E-state index in [-0.39, 0.29) is 11.5 Å². The molecule has 0 fully saturated rings. The average Bonchev–Trinajstić information content (AvgIpc) is 2.45. The van der Waals surface area contributed by atoms with Gasteiger partial charge in [0.15, 0.2) is 0 Å². The maximum Gasteiger partial charge on any atom is 0.293 e. The molecule has 0 aliphatic rings. The van der Waals surface area contributed by atoms with E-state index in [9.17, 15) is 9.59 Å².